The van der Waals surface area contributed by atoms with Crippen LogP contribution in [0.15, 0.2) is 42.5 Å². The summed E-state index contributed by atoms with van der Waals surface area (Å²) < 4.78 is 16.7. The molecule has 6 nitrogen and oxygen atoms in total. The van der Waals surface area contributed by atoms with Crippen LogP contribution in [0.2, 0.25) is 0 Å². The zero-order valence-electron chi connectivity index (χ0n) is 18.1. The summed E-state index contributed by atoms with van der Waals surface area (Å²) in [5.41, 5.74) is 4.51. The van der Waals surface area contributed by atoms with E-state index >= 15 is 0 Å². The van der Waals surface area contributed by atoms with Crippen LogP contribution in [0.25, 0.3) is 0 Å². The van der Waals surface area contributed by atoms with Gasteiger partial charge in [-0.25, -0.2) is 9.07 Å². The normalized spacial score (nSPS) is 16.3. The third kappa shape index (κ3) is 3.94. The fourth-order valence-electron chi connectivity index (χ4n) is 4.39. The molecule has 2 heterocycles. The molecule has 2 aromatic carbocycles. The Balaban J connectivity index is 1.64. The van der Waals surface area contributed by atoms with Crippen LogP contribution >= 0.6 is 0 Å². The first kappa shape index (κ1) is 20.5. The minimum absolute atomic E-state index is 0.111. The number of aromatic nitrogens is 4. The lowest BCUT2D eigenvalue weighted by molar-refractivity contribution is -0.927. The highest BCUT2D eigenvalue weighted by Gasteiger charge is 2.36. The first-order chi connectivity index (χ1) is 14.5. The van der Waals surface area contributed by atoms with E-state index in [2.05, 4.69) is 52.5 Å². The molecule has 0 saturated carbocycles. The fourth-order valence-corrected chi connectivity index (χ4v) is 4.39. The van der Waals surface area contributed by atoms with Crippen LogP contribution < -0.4 is 9.80 Å². The molecule has 1 aliphatic heterocycles. The second kappa shape index (κ2) is 8.52. The molecule has 0 spiro atoms. The summed E-state index contributed by atoms with van der Waals surface area (Å²) in [5, 5.41) is 12.4. The Bertz CT molecular complexity index is 1010. The lowest BCUT2D eigenvalue weighted by Gasteiger charge is -2.38. The number of quaternary nitrogens is 1. The zero-order chi connectivity index (χ0) is 21.3. The fraction of sp³-hybridized carbons (Fsp3) is 0.435. The second-order valence-electron chi connectivity index (χ2n) is 8.47. The van der Waals surface area contributed by atoms with Crippen molar-refractivity contribution in [2.75, 3.05) is 31.1 Å². The standard InChI is InChI=1S/C23H29FN6/c1-16(2)30-23(25-26-27-30)22(19-7-5-6-8-20(19)24)29-13-11-28(12-14-29)21-15-17(3)9-10-18(21)4/h5-10,15-16,22H,11-14H2,1-4H3/p+1/t22-/m1/s1. The van der Waals surface area contributed by atoms with Gasteiger partial charge in [-0.1, -0.05) is 24.3 Å². The number of anilines is 1. The molecule has 0 amide bonds. The minimum atomic E-state index is -0.232. The number of benzene rings is 2. The van der Waals surface area contributed by atoms with Crippen LogP contribution in [0, 0.1) is 19.7 Å². The predicted molar refractivity (Wildman–Crippen MR) is 115 cm³/mol. The summed E-state index contributed by atoms with van der Waals surface area (Å²) in [6, 6.07) is 13.5. The SMILES string of the molecule is Cc1ccc(C)c(N2CC[NH+]([C@H](c3ccccc3F)c3nnnn3C(C)C)CC2)c1. The zero-order valence-corrected chi connectivity index (χ0v) is 18.1. The van der Waals surface area contributed by atoms with Crippen molar-refractivity contribution in [1.29, 1.82) is 0 Å². The van der Waals surface area contributed by atoms with Crippen molar-refractivity contribution in [1.82, 2.24) is 20.2 Å². The largest absolute Gasteiger partial charge is 0.360 e. The third-order valence-electron chi connectivity index (χ3n) is 6.00. The lowest BCUT2D eigenvalue weighted by Crippen LogP contribution is -3.15. The van der Waals surface area contributed by atoms with Gasteiger partial charge in [-0.05, 0) is 67.4 Å². The Morgan fingerprint density at radius 2 is 1.77 bits per heavy atom. The summed E-state index contributed by atoms with van der Waals surface area (Å²) in [5.74, 6) is 0.524. The van der Waals surface area contributed by atoms with Crippen LogP contribution in [-0.4, -0.2) is 46.4 Å². The maximum absolute atomic E-state index is 14.9. The smallest absolute Gasteiger partial charge is 0.214 e. The molecule has 1 aliphatic rings. The Morgan fingerprint density at radius 3 is 2.47 bits per heavy atom. The number of hydrogen-bond donors (Lipinski definition) is 1. The van der Waals surface area contributed by atoms with Gasteiger partial charge >= 0.3 is 0 Å². The van der Waals surface area contributed by atoms with E-state index in [0.29, 0.717) is 5.56 Å². The van der Waals surface area contributed by atoms with Crippen molar-refractivity contribution in [2.45, 2.75) is 39.8 Å². The van der Waals surface area contributed by atoms with E-state index < -0.39 is 0 Å². The van der Waals surface area contributed by atoms with E-state index in [4.69, 9.17) is 0 Å². The van der Waals surface area contributed by atoms with Gasteiger partial charge < -0.3 is 9.80 Å². The number of tetrazole rings is 1. The van der Waals surface area contributed by atoms with Gasteiger partial charge in [-0.15, -0.1) is 5.10 Å². The highest BCUT2D eigenvalue weighted by Crippen LogP contribution is 2.24. The van der Waals surface area contributed by atoms with E-state index in [1.807, 2.05) is 30.7 Å². The highest BCUT2D eigenvalue weighted by atomic mass is 19.1. The van der Waals surface area contributed by atoms with Gasteiger partial charge in [-0.2, -0.15) is 0 Å². The summed E-state index contributed by atoms with van der Waals surface area (Å²) in [4.78, 5) is 3.73. The number of nitrogens with zero attached hydrogens (tertiary/aromatic N) is 5. The first-order valence-corrected chi connectivity index (χ1v) is 10.6. The van der Waals surface area contributed by atoms with Crippen LogP contribution in [0.4, 0.5) is 10.1 Å². The molecule has 1 N–H and O–H groups in total. The molecular formula is C23H30FN6+. The quantitative estimate of drug-likeness (QED) is 0.704. The molecule has 4 rings (SSSR count). The number of nitrogens with one attached hydrogen (secondary N) is 1. The Morgan fingerprint density at radius 1 is 1.03 bits per heavy atom. The summed E-state index contributed by atoms with van der Waals surface area (Å²) in [6.45, 7) is 12.0. The second-order valence-corrected chi connectivity index (χ2v) is 8.47. The van der Waals surface area contributed by atoms with Gasteiger partial charge in [0.1, 0.15) is 5.82 Å². The number of aryl methyl sites for hydroxylation is 2. The summed E-state index contributed by atoms with van der Waals surface area (Å²) in [6.07, 6.45) is 0. The van der Waals surface area contributed by atoms with Crippen molar-refractivity contribution in [3.8, 4) is 0 Å². The van der Waals surface area contributed by atoms with Gasteiger partial charge in [0.05, 0.1) is 37.8 Å². The Labute approximate surface area is 177 Å². The Kier molecular flexibility index (Phi) is 5.81. The third-order valence-corrected chi connectivity index (χ3v) is 6.00. The van der Waals surface area contributed by atoms with Crippen LogP contribution in [-0.2, 0) is 0 Å². The van der Waals surface area contributed by atoms with E-state index in [1.54, 1.807) is 6.07 Å². The van der Waals surface area contributed by atoms with Crippen LogP contribution in [0.1, 0.15) is 48.4 Å². The van der Waals surface area contributed by atoms with Gasteiger partial charge in [0.2, 0.25) is 5.82 Å². The molecule has 0 bridgehead atoms. The monoisotopic (exact) mass is 409 g/mol. The van der Waals surface area contributed by atoms with Gasteiger partial charge in [-0.3, -0.25) is 0 Å². The average molecular weight is 410 g/mol. The molecule has 0 radical (unpaired) electrons. The topological polar surface area (TPSA) is 51.3 Å². The van der Waals surface area contributed by atoms with Gasteiger partial charge in [0, 0.05) is 5.69 Å². The highest BCUT2D eigenvalue weighted by molar-refractivity contribution is 5.55. The molecule has 30 heavy (non-hydrogen) atoms. The van der Waals surface area contributed by atoms with Crippen molar-refractivity contribution < 1.29 is 9.29 Å². The van der Waals surface area contributed by atoms with E-state index in [9.17, 15) is 4.39 Å². The minimum Gasteiger partial charge on any atom is -0.360 e. The molecule has 1 fully saturated rings. The predicted octanol–water partition coefficient (Wildman–Crippen LogP) is 2.50. The molecule has 3 aromatic rings. The van der Waals surface area contributed by atoms with E-state index in [1.165, 1.54) is 27.8 Å². The number of piperazine rings is 1. The maximum Gasteiger partial charge on any atom is 0.214 e. The van der Waals surface area contributed by atoms with Gasteiger partial charge in [0.15, 0.2) is 6.04 Å². The maximum atomic E-state index is 14.9. The van der Waals surface area contributed by atoms with Crippen molar-refractivity contribution in [2.24, 2.45) is 0 Å². The number of hydrogen-bond acceptors (Lipinski definition) is 4. The van der Waals surface area contributed by atoms with Crippen molar-refractivity contribution in [3.05, 3.63) is 70.8 Å². The molecule has 1 atom stereocenters. The van der Waals surface area contributed by atoms with Crippen molar-refractivity contribution in [3.63, 3.8) is 0 Å². The van der Waals surface area contributed by atoms with E-state index in [-0.39, 0.29) is 17.9 Å². The molecule has 158 valence electrons. The molecule has 1 aromatic heterocycles. The molecule has 0 aliphatic carbocycles. The number of rotatable bonds is 5. The molecule has 1 saturated heterocycles. The summed E-state index contributed by atoms with van der Waals surface area (Å²) in [7, 11) is 0. The van der Waals surface area contributed by atoms with Crippen molar-refractivity contribution >= 4 is 5.69 Å². The number of halogens is 1. The van der Waals surface area contributed by atoms with E-state index in [0.717, 1.165) is 32.0 Å². The summed E-state index contributed by atoms with van der Waals surface area (Å²) >= 11 is 0. The average Bonchev–Trinajstić information content (AvgIpc) is 3.22. The lowest BCUT2D eigenvalue weighted by atomic mass is 10.0. The molecule has 7 heteroatoms. The van der Waals surface area contributed by atoms with Gasteiger partial charge in [0.25, 0.3) is 0 Å². The Hall–Kier alpha value is -2.80. The molecule has 0 unspecified atom stereocenters. The van der Waals surface area contributed by atoms with Crippen LogP contribution in [0.5, 0.6) is 0 Å². The molecular weight excluding hydrogens is 379 g/mol. The van der Waals surface area contributed by atoms with Crippen LogP contribution in [0.3, 0.4) is 0 Å². The first-order valence-electron chi connectivity index (χ1n) is 10.6.